The van der Waals surface area contributed by atoms with Gasteiger partial charge in [-0.15, -0.1) is 0 Å². The summed E-state index contributed by atoms with van der Waals surface area (Å²) in [7, 11) is 1.53. The lowest BCUT2D eigenvalue weighted by Crippen LogP contribution is -2.13. The summed E-state index contributed by atoms with van der Waals surface area (Å²) in [5.74, 6) is 0.499. The molecule has 3 aromatic rings. The second kappa shape index (κ2) is 6.36. The topological polar surface area (TPSA) is 64.4 Å². The van der Waals surface area contributed by atoms with Gasteiger partial charge >= 0.3 is 0 Å². The molecule has 0 saturated heterocycles. The molecule has 3 rings (SSSR count). The summed E-state index contributed by atoms with van der Waals surface area (Å²) in [6.45, 7) is 2.02. The van der Waals surface area contributed by atoms with Crippen LogP contribution in [0.5, 0.6) is 5.75 Å². The molecule has 0 saturated carbocycles. The number of methoxy groups -OCH3 is 1. The Kier molecular flexibility index (Phi) is 4.10. The highest BCUT2D eigenvalue weighted by Crippen LogP contribution is 2.29. The van der Waals surface area contributed by atoms with E-state index >= 15 is 0 Å². The molecule has 23 heavy (non-hydrogen) atoms. The molecule has 0 unspecified atom stereocenters. The molecule has 0 atom stereocenters. The zero-order chi connectivity index (χ0) is 16.2. The maximum Gasteiger partial charge on any atom is 0.261 e. The van der Waals surface area contributed by atoms with Crippen LogP contribution >= 0.6 is 0 Å². The Bertz CT molecular complexity index is 822. The summed E-state index contributed by atoms with van der Waals surface area (Å²) in [5, 5.41) is 6.54. The monoisotopic (exact) mass is 308 g/mol. The van der Waals surface area contributed by atoms with E-state index in [1.165, 1.54) is 7.11 Å². The van der Waals surface area contributed by atoms with Crippen LogP contribution in [0.15, 0.2) is 59.3 Å². The van der Waals surface area contributed by atoms with Crippen LogP contribution in [0.25, 0.3) is 11.1 Å². The molecule has 1 heterocycles. The number of aromatic nitrogens is 1. The molecule has 116 valence electrons. The van der Waals surface area contributed by atoms with E-state index in [0.717, 1.165) is 16.7 Å². The van der Waals surface area contributed by atoms with Crippen LogP contribution < -0.4 is 10.1 Å². The minimum Gasteiger partial charge on any atom is -0.496 e. The van der Waals surface area contributed by atoms with Gasteiger partial charge in [0.1, 0.15) is 5.75 Å². The van der Waals surface area contributed by atoms with E-state index in [0.29, 0.717) is 17.2 Å². The maximum absolute atomic E-state index is 12.5. The first-order chi connectivity index (χ1) is 11.2. The van der Waals surface area contributed by atoms with Gasteiger partial charge in [0.05, 0.1) is 24.4 Å². The number of carbonyl (C=O) groups is 1. The number of hydrogen-bond donors (Lipinski definition) is 1. The third kappa shape index (κ3) is 3.08. The van der Waals surface area contributed by atoms with Crippen LogP contribution in [0.2, 0.25) is 0 Å². The van der Waals surface area contributed by atoms with Gasteiger partial charge in [0.25, 0.3) is 5.91 Å². The molecule has 0 bridgehead atoms. The Hall–Kier alpha value is -3.08. The summed E-state index contributed by atoms with van der Waals surface area (Å²) in [6, 6.07) is 14.9. The molecule has 5 heteroatoms. The van der Waals surface area contributed by atoms with Crippen LogP contribution in [-0.4, -0.2) is 18.2 Å². The van der Waals surface area contributed by atoms with Crippen molar-refractivity contribution >= 4 is 11.8 Å². The van der Waals surface area contributed by atoms with Crippen molar-refractivity contribution in [3.8, 4) is 16.9 Å². The van der Waals surface area contributed by atoms with Crippen LogP contribution in [0.3, 0.4) is 0 Å². The average Bonchev–Trinajstić information content (AvgIpc) is 3.03. The van der Waals surface area contributed by atoms with Crippen molar-refractivity contribution < 1.29 is 14.1 Å². The van der Waals surface area contributed by atoms with Crippen LogP contribution in [-0.2, 0) is 0 Å². The maximum atomic E-state index is 12.5. The molecule has 0 aliphatic rings. The molecule has 2 aromatic carbocycles. The molecule has 0 fully saturated rings. The van der Waals surface area contributed by atoms with Crippen molar-refractivity contribution in [3.63, 3.8) is 0 Å². The predicted molar refractivity (Wildman–Crippen MR) is 87.6 cm³/mol. The summed E-state index contributed by atoms with van der Waals surface area (Å²) < 4.78 is 10.4. The fourth-order valence-electron chi connectivity index (χ4n) is 2.27. The number of anilines is 1. The summed E-state index contributed by atoms with van der Waals surface area (Å²) in [6.07, 6.45) is 1.59. The normalized spacial score (nSPS) is 10.3. The number of amides is 1. The van der Waals surface area contributed by atoms with Gasteiger partial charge in [0.15, 0.2) is 0 Å². The van der Waals surface area contributed by atoms with Crippen molar-refractivity contribution in [2.75, 3.05) is 12.4 Å². The number of carbonyl (C=O) groups excluding carboxylic acids is 1. The van der Waals surface area contributed by atoms with Crippen molar-refractivity contribution in [2.45, 2.75) is 6.92 Å². The molecule has 0 aliphatic heterocycles. The minimum absolute atomic E-state index is 0.310. The number of ether oxygens (including phenoxy) is 1. The summed E-state index contributed by atoms with van der Waals surface area (Å²) in [5.41, 5.74) is 3.24. The Balaban J connectivity index is 1.88. The first-order valence-electron chi connectivity index (χ1n) is 7.15. The van der Waals surface area contributed by atoms with E-state index in [9.17, 15) is 4.79 Å². The predicted octanol–water partition coefficient (Wildman–Crippen LogP) is 3.91. The fraction of sp³-hybridized carbons (Fsp3) is 0.111. The molecular weight excluding hydrogens is 292 g/mol. The van der Waals surface area contributed by atoms with E-state index < -0.39 is 0 Å². The van der Waals surface area contributed by atoms with E-state index in [1.807, 2.05) is 37.3 Å². The number of rotatable bonds is 4. The van der Waals surface area contributed by atoms with Gasteiger partial charge in [-0.2, -0.15) is 0 Å². The molecule has 5 nitrogen and oxygen atoms in total. The highest BCUT2D eigenvalue weighted by atomic mass is 16.5. The number of nitrogens with zero attached hydrogens (tertiary/aromatic N) is 1. The highest BCUT2D eigenvalue weighted by molar-refractivity contribution is 6.06. The Morgan fingerprint density at radius 2 is 1.87 bits per heavy atom. The molecule has 1 aromatic heterocycles. The molecule has 0 radical (unpaired) electrons. The van der Waals surface area contributed by atoms with Crippen LogP contribution in [0, 0.1) is 6.92 Å². The third-order valence-electron chi connectivity index (χ3n) is 3.51. The van der Waals surface area contributed by atoms with Gasteiger partial charge in [-0.05, 0) is 24.6 Å². The number of aryl methyl sites for hydroxylation is 1. The number of benzene rings is 2. The van der Waals surface area contributed by atoms with Gasteiger partial charge < -0.3 is 9.26 Å². The van der Waals surface area contributed by atoms with Crippen LogP contribution in [0.1, 0.15) is 15.9 Å². The van der Waals surface area contributed by atoms with Crippen molar-refractivity contribution in [1.82, 2.24) is 5.16 Å². The van der Waals surface area contributed by atoms with Gasteiger partial charge in [-0.3, -0.25) is 10.1 Å². The zero-order valence-corrected chi connectivity index (χ0v) is 12.9. The molecular formula is C18H16N2O3. The van der Waals surface area contributed by atoms with E-state index in [2.05, 4.69) is 10.5 Å². The van der Waals surface area contributed by atoms with E-state index in [4.69, 9.17) is 9.26 Å². The zero-order valence-electron chi connectivity index (χ0n) is 12.9. The first kappa shape index (κ1) is 14.8. The minimum atomic E-state index is -0.312. The lowest BCUT2D eigenvalue weighted by Gasteiger charge is -2.08. The third-order valence-corrected chi connectivity index (χ3v) is 3.51. The molecule has 1 amide bonds. The van der Waals surface area contributed by atoms with Crippen molar-refractivity contribution in [3.05, 3.63) is 65.9 Å². The Labute approximate surface area is 133 Å². The van der Waals surface area contributed by atoms with Gasteiger partial charge in [0, 0.05) is 0 Å². The van der Waals surface area contributed by atoms with Crippen molar-refractivity contribution in [2.24, 2.45) is 0 Å². The van der Waals surface area contributed by atoms with Gasteiger partial charge in [-0.1, -0.05) is 47.1 Å². The molecule has 1 N–H and O–H groups in total. The second-order valence-electron chi connectivity index (χ2n) is 5.09. The quantitative estimate of drug-likeness (QED) is 0.793. The molecule has 0 spiro atoms. The second-order valence-corrected chi connectivity index (χ2v) is 5.09. The summed E-state index contributed by atoms with van der Waals surface area (Å²) >= 11 is 0. The first-order valence-corrected chi connectivity index (χ1v) is 7.15. The van der Waals surface area contributed by atoms with E-state index in [-0.39, 0.29) is 5.91 Å². The largest absolute Gasteiger partial charge is 0.496 e. The number of hydrogen-bond acceptors (Lipinski definition) is 4. The highest BCUT2D eigenvalue weighted by Gasteiger charge is 2.17. The lowest BCUT2D eigenvalue weighted by molar-refractivity contribution is 0.102. The smallest absolute Gasteiger partial charge is 0.261 e. The van der Waals surface area contributed by atoms with Gasteiger partial charge in [0.2, 0.25) is 5.88 Å². The standard InChI is InChI=1S/C18H16N2O3/c1-12-7-9-13(10-8-12)15-11-19-23-18(15)20-17(21)14-5-3-4-6-16(14)22-2/h3-11H,1-2H3,(H,20,21). The Morgan fingerprint density at radius 3 is 2.61 bits per heavy atom. The number of nitrogens with one attached hydrogen (secondary N) is 1. The summed E-state index contributed by atoms with van der Waals surface area (Å²) in [4.78, 5) is 12.5. The van der Waals surface area contributed by atoms with Crippen LogP contribution in [0.4, 0.5) is 5.88 Å². The molecule has 0 aliphatic carbocycles. The van der Waals surface area contributed by atoms with E-state index in [1.54, 1.807) is 24.4 Å². The lowest BCUT2D eigenvalue weighted by atomic mass is 10.1. The fourth-order valence-corrected chi connectivity index (χ4v) is 2.27. The average molecular weight is 308 g/mol. The Morgan fingerprint density at radius 1 is 1.13 bits per heavy atom. The SMILES string of the molecule is COc1ccccc1C(=O)Nc1oncc1-c1ccc(C)cc1. The van der Waals surface area contributed by atoms with Gasteiger partial charge in [-0.25, -0.2) is 0 Å². The van der Waals surface area contributed by atoms with Crippen molar-refractivity contribution in [1.29, 1.82) is 0 Å². The number of para-hydroxylation sites is 1.